The smallest absolute Gasteiger partial charge is 0.193 e. The van der Waals surface area contributed by atoms with Crippen LogP contribution in [0.15, 0.2) is 35.3 Å². The average Bonchev–Trinajstić information content (AvgIpc) is 3.06. The van der Waals surface area contributed by atoms with E-state index in [1.165, 1.54) is 19.4 Å². The van der Waals surface area contributed by atoms with Crippen molar-refractivity contribution in [2.24, 2.45) is 4.99 Å². The number of aliphatic imine (C=N–C) groups is 1. The van der Waals surface area contributed by atoms with Crippen LogP contribution in [0.1, 0.15) is 25.3 Å². The first-order chi connectivity index (χ1) is 12.1. The second-order valence-electron chi connectivity index (χ2n) is 6.55. The molecule has 0 aliphatic carbocycles. The largest absolute Gasteiger partial charge is 0.355 e. The van der Waals surface area contributed by atoms with Crippen LogP contribution in [0.5, 0.6) is 0 Å². The van der Waals surface area contributed by atoms with Gasteiger partial charge in [-0.15, -0.1) is 0 Å². The lowest BCUT2D eigenvalue weighted by Gasteiger charge is -2.29. The van der Waals surface area contributed by atoms with Gasteiger partial charge in [0.15, 0.2) is 5.96 Å². The molecule has 25 heavy (non-hydrogen) atoms. The van der Waals surface area contributed by atoms with Crippen molar-refractivity contribution >= 4 is 16.8 Å². The molecule has 1 saturated heterocycles. The molecule has 1 fully saturated rings. The molecule has 0 bridgehead atoms. The summed E-state index contributed by atoms with van der Waals surface area (Å²) in [6.07, 6.45) is 2.55. The Labute approximate surface area is 155 Å². The van der Waals surface area contributed by atoms with Crippen molar-refractivity contribution in [2.45, 2.75) is 31.6 Å². The molecule has 0 amide bonds. The first kappa shape index (κ1) is 19.9. The molecule has 6 heteroatoms. The van der Waals surface area contributed by atoms with Gasteiger partial charge in [0.2, 0.25) is 0 Å². The fourth-order valence-corrected chi connectivity index (χ4v) is 4.45. The Hall–Kier alpha value is -1.40. The number of guanidine groups is 1. The van der Waals surface area contributed by atoms with E-state index in [9.17, 15) is 4.21 Å². The van der Waals surface area contributed by atoms with Crippen LogP contribution in [0.3, 0.4) is 0 Å². The molecule has 1 aromatic carbocycles. The number of nitrogens with one attached hydrogen (secondary N) is 1. The highest BCUT2D eigenvalue weighted by atomic mass is 32.2. The maximum atomic E-state index is 12.2. The second kappa shape index (κ2) is 10.6. The van der Waals surface area contributed by atoms with E-state index >= 15 is 0 Å². The Balaban J connectivity index is 1.73. The minimum atomic E-state index is -0.858. The van der Waals surface area contributed by atoms with Gasteiger partial charge in [0.05, 0.1) is 0 Å². The molecule has 2 unspecified atom stereocenters. The molecule has 1 aliphatic rings. The van der Waals surface area contributed by atoms with Crippen molar-refractivity contribution in [3.8, 4) is 0 Å². The highest BCUT2D eigenvalue weighted by Crippen LogP contribution is 2.17. The number of hydrogen-bond acceptors (Lipinski definition) is 3. The summed E-state index contributed by atoms with van der Waals surface area (Å²) >= 11 is 0. The number of likely N-dealkylation sites (tertiary alicyclic amines) is 1. The number of rotatable bonds is 8. The zero-order valence-corrected chi connectivity index (χ0v) is 16.6. The van der Waals surface area contributed by atoms with Gasteiger partial charge in [-0.1, -0.05) is 37.3 Å². The summed E-state index contributed by atoms with van der Waals surface area (Å²) in [5.74, 6) is 2.14. The van der Waals surface area contributed by atoms with Gasteiger partial charge in [-0.25, -0.2) is 0 Å². The molecule has 1 aliphatic heterocycles. The summed E-state index contributed by atoms with van der Waals surface area (Å²) in [5.41, 5.74) is 1.13. The minimum Gasteiger partial charge on any atom is -0.355 e. The number of likely N-dealkylation sites (N-methyl/N-ethyl adjacent to an activating group) is 2. The second-order valence-corrected chi connectivity index (χ2v) is 8.13. The lowest BCUT2D eigenvalue weighted by atomic mass is 10.2. The van der Waals surface area contributed by atoms with Gasteiger partial charge < -0.3 is 10.2 Å². The Morgan fingerprint density at radius 3 is 2.84 bits per heavy atom. The molecule has 140 valence electrons. The van der Waals surface area contributed by atoms with Crippen LogP contribution in [0.2, 0.25) is 0 Å². The molecule has 5 nitrogen and oxygen atoms in total. The normalized spacial score (nSPS) is 19.8. The lowest BCUT2D eigenvalue weighted by molar-refractivity contribution is 0.233. The van der Waals surface area contributed by atoms with Crippen molar-refractivity contribution in [1.82, 2.24) is 15.1 Å². The summed E-state index contributed by atoms with van der Waals surface area (Å²) in [6.45, 7) is 6.22. The van der Waals surface area contributed by atoms with Crippen molar-refractivity contribution in [2.75, 3.05) is 46.0 Å². The van der Waals surface area contributed by atoms with E-state index < -0.39 is 10.8 Å². The molecule has 0 aromatic heterocycles. The van der Waals surface area contributed by atoms with E-state index in [2.05, 4.69) is 34.1 Å². The minimum absolute atomic E-state index is 0.612. The van der Waals surface area contributed by atoms with Crippen molar-refractivity contribution in [3.63, 3.8) is 0 Å². The SMILES string of the molecule is CCN1CCCC1CN(C)C(=NC)NCCS(=O)Cc1ccccc1. The van der Waals surface area contributed by atoms with Gasteiger partial charge in [-0.05, 0) is 31.5 Å². The van der Waals surface area contributed by atoms with Gasteiger partial charge in [0, 0.05) is 55.5 Å². The predicted octanol–water partition coefficient (Wildman–Crippen LogP) is 1.93. The van der Waals surface area contributed by atoms with E-state index in [4.69, 9.17) is 0 Å². The molecular weight excluding hydrogens is 332 g/mol. The van der Waals surface area contributed by atoms with Crippen LogP contribution >= 0.6 is 0 Å². The Bertz CT molecular complexity index is 564. The van der Waals surface area contributed by atoms with Crippen LogP contribution < -0.4 is 5.32 Å². The molecule has 2 rings (SSSR count). The molecule has 0 spiro atoms. The molecule has 1 aromatic rings. The standard InChI is InChI=1S/C19H32N4OS/c1-4-23-13-8-11-18(23)15-22(3)19(20-2)21-12-14-25(24)16-17-9-6-5-7-10-17/h5-7,9-10,18H,4,8,11-16H2,1-3H3,(H,20,21). The summed E-state index contributed by atoms with van der Waals surface area (Å²) in [5, 5.41) is 3.36. The molecule has 1 N–H and O–H groups in total. The van der Waals surface area contributed by atoms with E-state index in [1.54, 1.807) is 0 Å². The Morgan fingerprint density at radius 1 is 1.40 bits per heavy atom. The van der Waals surface area contributed by atoms with Gasteiger partial charge in [0.1, 0.15) is 0 Å². The van der Waals surface area contributed by atoms with E-state index in [0.29, 0.717) is 24.1 Å². The maximum absolute atomic E-state index is 12.2. The number of benzene rings is 1. The summed E-state index contributed by atoms with van der Waals surface area (Å²) < 4.78 is 12.2. The summed E-state index contributed by atoms with van der Waals surface area (Å²) in [7, 11) is 3.04. The zero-order chi connectivity index (χ0) is 18.1. The summed E-state index contributed by atoms with van der Waals surface area (Å²) in [4.78, 5) is 9.11. The Morgan fingerprint density at radius 2 is 2.16 bits per heavy atom. The summed E-state index contributed by atoms with van der Waals surface area (Å²) in [6, 6.07) is 10.6. The zero-order valence-electron chi connectivity index (χ0n) is 15.8. The van der Waals surface area contributed by atoms with Crippen LogP contribution in [-0.4, -0.2) is 72.0 Å². The highest BCUT2D eigenvalue weighted by Gasteiger charge is 2.24. The van der Waals surface area contributed by atoms with Crippen LogP contribution in [-0.2, 0) is 16.6 Å². The first-order valence-corrected chi connectivity index (χ1v) is 10.7. The molecule has 0 radical (unpaired) electrons. The fraction of sp³-hybridized carbons (Fsp3) is 0.632. The van der Waals surface area contributed by atoms with Crippen LogP contribution in [0, 0.1) is 0 Å². The molecule has 2 atom stereocenters. The third-order valence-corrected chi connectivity index (χ3v) is 6.06. The first-order valence-electron chi connectivity index (χ1n) is 9.18. The van der Waals surface area contributed by atoms with Gasteiger partial charge in [-0.2, -0.15) is 0 Å². The van der Waals surface area contributed by atoms with E-state index in [-0.39, 0.29) is 0 Å². The number of nitrogens with zero attached hydrogens (tertiary/aromatic N) is 3. The third kappa shape index (κ3) is 6.44. The van der Waals surface area contributed by atoms with E-state index in [0.717, 1.165) is 24.6 Å². The van der Waals surface area contributed by atoms with Gasteiger partial charge >= 0.3 is 0 Å². The van der Waals surface area contributed by atoms with Crippen molar-refractivity contribution in [3.05, 3.63) is 35.9 Å². The van der Waals surface area contributed by atoms with Crippen molar-refractivity contribution < 1.29 is 4.21 Å². The number of hydrogen-bond donors (Lipinski definition) is 1. The fourth-order valence-electron chi connectivity index (χ4n) is 3.41. The van der Waals surface area contributed by atoms with E-state index in [1.807, 2.05) is 37.4 Å². The molecular formula is C19H32N4OS. The molecule has 1 heterocycles. The predicted molar refractivity (Wildman–Crippen MR) is 107 cm³/mol. The highest BCUT2D eigenvalue weighted by molar-refractivity contribution is 7.84. The van der Waals surface area contributed by atoms with Gasteiger partial charge in [0.25, 0.3) is 0 Å². The lowest BCUT2D eigenvalue weighted by Crippen LogP contribution is -2.46. The third-order valence-electron chi connectivity index (χ3n) is 4.75. The van der Waals surface area contributed by atoms with Gasteiger partial charge in [-0.3, -0.25) is 14.1 Å². The van der Waals surface area contributed by atoms with Crippen molar-refractivity contribution in [1.29, 1.82) is 0 Å². The quantitative estimate of drug-likeness (QED) is 0.566. The molecule has 0 saturated carbocycles. The Kier molecular flexibility index (Phi) is 8.41. The monoisotopic (exact) mass is 364 g/mol. The average molecular weight is 365 g/mol. The maximum Gasteiger partial charge on any atom is 0.193 e. The topological polar surface area (TPSA) is 47.9 Å². The van der Waals surface area contributed by atoms with Crippen LogP contribution in [0.25, 0.3) is 0 Å². The van der Waals surface area contributed by atoms with Crippen LogP contribution in [0.4, 0.5) is 0 Å².